The first-order chi connectivity index (χ1) is 8.56. The lowest BCUT2D eigenvalue weighted by atomic mass is 9.98. The van der Waals surface area contributed by atoms with E-state index in [1.165, 1.54) is 9.13 Å². The summed E-state index contributed by atoms with van der Waals surface area (Å²) in [7, 11) is 0. The highest BCUT2D eigenvalue weighted by molar-refractivity contribution is 14.1. The standard InChI is InChI=1S/C15H23IN2/c1-11(2)15-8-17-12(3)9-18(15)10-13-4-6-14(16)7-5-13/h4-7,11-12,15,17H,8-10H2,1-3H3. The molecule has 0 bridgehead atoms. The Bertz CT molecular complexity index is 375. The Balaban J connectivity index is 2.06. The van der Waals surface area contributed by atoms with Crippen LogP contribution >= 0.6 is 22.6 Å². The van der Waals surface area contributed by atoms with Crippen molar-refractivity contribution in [1.29, 1.82) is 0 Å². The van der Waals surface area contributed by atoms with Crippen LogP contribution in [0.2, 0.25) is 0 Å². The summed E-state index contributed by atoms with van der Waals surface area (Å²) in [5, 5.41) is 3.60. The third-order valence-corrected chi connectivity index (χ3v) is 4.44. The first-order valence-electron chi connectivity index (χ1n) is 6.78. The highest BCUT2D eigenvalue weighted by atomic mass is 127. The second kappa shape index (κ2) is 6.35. The number of halogens is 1. The molecule has 1 N–H and O–H groups in total. The van der Waals surface area contributed by atoms with Crippen LogP contribution in [0.3, 0.4) is 0 Å². The normalized spacial score (nSPS) is 25.6. The van der Waals surface area contributed by atoms with Gasteiger partial charge in [-0.15, -0.1) is 0 Å². The van der Waals surface area contributed by atoms with Crippen LogP contribution in [0.15, 0.2) is 24.3 Å². The largest absolute Gasteiger partial charge is 0.311 e. The van der Waals surface area contributed by atoms with Crippen molar-refractivity contribution in [2.75, 3.05) is 13.1 Å². The Morgan fingerprint density at radius 1 is 1.33 bits per heavy atom. The van der Waals surface area contributed by atoms with Gasteiger partial charge in [0.2, 0.25) is 0 Å². The molecule has 0 radical (unpaired) electrons. The van der Waals surface area contributed by atoms with Crippen LogP contribution in [0, 0.1) is 9.49 Å². The molecule has 0 amide bonds. The zero-order valence-corrected chi connectivity index (χ0v) is 13.6. The van der Waals surface area contributed by atoms with Crippen LogP contribution in [0.1, 0.15) is 26.3 Å². The maximum atomic E-state index is 3.60. The highest BCUT2D eigenvalue weighted by Gasteiger charge is 2.27. The van der Waals surface area contributed by atoms with E-state index < -0.39 is 0 Å². The fourth-order valence-corrected chi connectivity index (χ4v) is 3.03. The Morgan fingerprint density at radius 3 is 2.61 bits per heavy atom. The van der Waals surface area contributed by atoms with Crippen LogP contribution in [-0.4, -0.2) is 30.1 Å². The molecule has 1 aliphatic heterocycles. The van der Waals surface area contributed by atoms with Gasteiger partial charge in [0, 0.05) is 35.3 Å². The zero-order chi connectivity index (χ0) is 13.1. The predicted octanol–water partition coefficient (Wildman–Crippen LogP) is 3.11. The number of nitrogens with zero attached hydrogens (tertiary/aromatic N) is 1. The van der Waals surface area contributed by atoms with E-state index in [9.17, 15) is 0 Å². The van der Waals surface area contributed by atoms with Crippen molar-refractivity contribution in [1.82, 2.24) is 10.2 Å². The fraction of sp³-hybridized carbons (Fsp3) is 0.600. The Kier molecular flexibility index (Phi) is 5.04. The summed E-state index contributed by atoms with van der Waals surface area (Å²) in [5.41, 5.74) is 1.43. The molecule has 1 aromatic rings. The Labute approximate surface area is 124 Å². The molecule has 0 aliphatic carbocycles. The van der Waals surface area contributed by atoms with Crippen molar-refractivity contribution >= 4 is 22.6 Å². The van der Waals surface area contributed by atoms with Gasteiger partial charge in [-0.25, -0.2) is 0 Å². The minimum absolute atomic E-state index is 0.601. The summed E-state index contributed by atoms with van der Waals surface area (Å²) in [5.74, 6) is 0.703. The summed E-state index contributed by atoms with van der Waals surface area (Å²) in [4.78, 5) is 2.63. The SMILES string of the molecule is CC1CN(Cc2ccc(I)cc2)C(C(C)C)CN1. The molecule has 1 saturated heterocycles. The van der Waals surface area contributed by atoms with Crippen molar-refractivity contribution in [3.8, 4) is 0 Å². The molecule has 1 aliphatic rings. The Morgan fingerprint density at radius 2 is 2.00 bits per heavy atom. The smallest absolute Gasteiger partial charge is 0.0247 e. The van der Waals surface area contributed by atoms with Gasteiger partial charge >= 0.3 is 0 Å². The average Bonchev–Trinajstić information content (AvgIpc) is 2.32. The molecule has 1 heterocycles. The van der Waals surface area contributed by atoms with Crippen LogP contribution in [0.4, 0.5) is 0 Å². The third-order valence-electron chi connectivity index (χ3n) is 3.72. The van der Waals surface area contributed by atoms with Crippen molar-refractivity contribution < 1.29 is 0 Å². The number of nitrogens with one attached hydrogen (secondary N) is 1. The van der Waals surface area contributed by atoms with Gasteiger partial charge in [0.25, 0.3) is 0 Å². The molecule has 1 fully saturated rings. The second-order valence-electron chi connectivity index (χ2n) is 5.68. The number of hydrogen-bond donors (Lipinski definition) is 1. The van der Waals surface area contributed by atoms with E-state index in [1.54, 1.807) is 0 Å². The summed E-state index contributed by atoms with van der Waals surface area (Å²) in [6.45, 7) is 10.3. The molecule has 1 aromatic carbocycles. The average molecular weight is 358 g/mol. The maximum absolute atomic E-state index is 3.60. The molecule has 2 nitrogen and oxygen atoms in total. The number of hydrogen-bond acceptors (Lipinski definition) is 2. The molecule has 0 saturated carbocycles. The van der Waals surface area contributed by atoms with Crippen LogP contribution in [0.25, 0.3) is 0 Å². The van der Waals surface area contributed by atoms with E-state index in [-0.39, 0.29) is 0 Å². The molecule has 100 valence electrons. The first-order valence-corrected chi connectivity index (χ1v) is 7.86. The van der Waals surface area contributed by atoms with Gasteiger partial charge in [0.05, 0.1) is 0 Å². The van der Waals surface area contributed by atoms with Gasteiger partial charge in [-0.05, 0) is 53.1 Å². The second-order valence-corrected chi connectivity index (χ2v) is 6.92. The Hall–Kier alpha value is -0.130. The van der Waals surface area contributed by atoms with E-state index >= 15 is 0 Å². The van der Waals surface area contributed by atoms with Crippen molar-refractivity contribution in [2.45, 2.75) is 39.4 Å². The van der Waals surface area contributed by atoms with Gasteiger partial charge < -0.3 is 5.32 Å². The molecule has 3 heteroatoms. The van der Waals surface area contributed by atoms with E-state index in [1.807, 2.05) is 0 Å². The van der Waals surface area contributed by atoms with E-state index in [0.29, 0.717) is 18.0 Å². The van der Waals surface area contributed by atoms with Gasteiger partial charge in [-0.1, -0.05) is 26.0 Å². The number of benzene rings is 1. The molecule has 0 spiro atoms. The van der Waals surface area contributed by atoms with Crippen molar-refractivity contribution in [3.63, 3.8) is 0 Å². The van der Waals surface area contributed by atoms with Gasteiger partial charge in [0.15, 0.2) is 0 Å². The quantitative estimate of drug-likeness (QED) is 0.836. The van der Waals surface area contributed by atoms with Crippen molar-refractivity contribution in [3.05, 3.63) is 33.4 Å². The minimum atomic E-state index is 0.601. The van der Waals surface area contributed by atoms with E-state index in [2.05, 4.69) is 77.8 Å². The first kappa shape index (κ1) is 14.3. The lowest BCUT2D eigenvalue weighted by molar-refractivity contribution is 0.0956. The molecule has 2 rings (SSSR count). The molecular formula is C15H23IN2. The van der Waals surface area contributed by atoms with Crippen LogP contribution in [0.5, 0.6) is 0 Å². The lowest BCUT2D eigenvalue weighted by Crippen LogP contribution is -2.56. The third kappa shape index (κ3) is 3.68. The fourth-order valence-electron chi connectivity index (χ4n) is 2.67. The minimum Gasteiger partial charge on any atom is -0.311 e. The van der Waals surface area contributed by atoms with Crippen LogP contribution in [-0.2, 0) is 6.54 Å². The molecular weight excluding hydrogens is 335 g/mol. The number of rotatable bonds is 3. The molecule has 2 unspecified atom stereocenters. The molecule has 2 atom stereocenters. The van der Waals surface area contributed by atoms with Crippen LogP contribution < -0.4 is 5.32 Å². The maximum Gasteiger partial charge on any atom is 0.0247 e. The summed E-state index contributed by atoms with van der Waals surface area (Å²) in [6.07, 6.45) is 0. The highest BCUT2D eigenvalue weighted by Crippen LogP contribution is 2.18. The van der Waals surface area contributed by atoms with E-state index in [0.717, 1.165) is 19.6 Å². The topological polar surface area (TPSA) is 15.3 Å². The number of piperazine rings is 1. The monoisotopic (exact) mass is 358 g/mol. The molecule has 18 heavy (non-hydrogen) atoms. The van der Waals surface area contributed by atoms with E-state index in [4.69, 9.17) is 0 Å². The van der Waals surface area contributed by atoms with Gasteiger partial charge in [-0.2, -0.15) is 0 Å². The zero-order valence-electron chi connectivity index (χ0n) is 11.5. The molecule has 0 aromatic heterocycles. The summed E-state index contributed by atoms with van der Waals surface area (Å²) < 4.78 is 1.31. The lowest BCUT2D eigenvalue weighted by Gasteiger charge is -2.41. The van der Waals surface area contributed by atoms with Crippen molar-refractivity contribution in [2.24, 2.45) is 5.92 Å². The summed E-state index contributed by atoms with van der Waals surface area (Å²) in [6, 6.07) is 10.2. The predicted molar refractivity (Wildman–Crippen MR) is 85.7 cm³/mol. The van der Waals surface area contributed by atoms with Gasteiger partial charge in [0.1, 0.15) is 0 Å². The van der Waals surface area contributed by atoms with Gasteiger partial charge in [-0.3, -0.25) is 4.90 Å². The summed E-state index contributed by atoms with van der Waals surface area (Å²) >= 11 is 2.36.